The maximum Gasteiger partial charge on any atom is 0.244 e. The lowest BCUT2D eigenvalue weighted by Gasteiger charge is -2.35. The number of nitrogens with one attached hydrogen (secondary N) is 2. The van der Waals surface area contributed by atoms with Crippen molar-refractivity contribution in [2.24, 2.45) is 0 Å². The van der Waals surface area contributed by atoms with Crippen LogP contribution >= 0.6 is 0 Å². The molecule has 1 aliphatic heterocycles. The monoisotopic (exact) mass is 313 g/mol. The van der Waals surface area contributed by atoms with E-state index in [1.807, 2.05) is 20.8 Å². The first-order valence-electron chi connectivity index (χ1n) is 7.19. The highest BCUT2D eigenvalue weighted by Crippen LogP contribution is 2.26. The molecule has 0 bridgehead atoms. The molecule has 0 amide bonds. The Morgan fingerprint density at radius 1 is 1.48 bits per heavy atom. The number of nitrogens with zero attached hydrogens (tertiary/aromatic N) is 1. The highest BCUT2D eigenvalue weighted by molar-refractivity contribution is 7.89. The molecule has 2 heterocycles. The molecule has 2 N–H and O–H groups in total. The Labute approximate surface area is 126 Å². The molecular weight excluding hydrogens is 290 g/mol. The van der Waals surface area contributed by atoms with E-state index in [1.54, 1.807) is 18.3 Å². The zero-order valence-corrected chi connectivity index (χ0v) is 13.5. The SMILES string of the molecule is CCNc1ncccc1S(=O)(=O)NC1CCOC(C)(C)C1. The van der Waals surface area contributed by atoms with Crippen molar-refractivity contribution in [3.63, 3.8) is 0 Å². The summed E-state index contributed by atoms with van der Waals surface area (Å²) < 4.78 is 33.5. The highest BCUT2D eigenvalue weighted by atomic mass is 32.2. The topological polar surface area (TPSA) is 80.3 Å². The molecular formula is C14H23N3O3S. The van der Waals surface area contributed by atoms with Crippen molar-refractivity contribution < 1.29 is 13.2 Å². The first-order chi connectivity index (χ1) is 9.84. The third-order valence-corrected chi connectivity index (χ3v) is 4.98. The Balaban J connectivity index is 2.19. The van der Waals surface area contributed by atoms with Gasteiger partial charge in [0.1, 0.15) is 10.7 Å². The number of anilines is 1. The molecule has 0 aliphatic carbocycles. The van der Waals surface area contributed by atoms with Gasteiger partial charge in [-0.15, -0.1) is 0 Å². The van der Waals surface area contributed by atoms with E-state index < -0.39 is 10.0 Å². The van der Waals surface area contributed by atoms with E-state index in [4.69, 9.17) is 4.74 Å². The molecule has 6 nitrogen and oxygen atoms in total. The molecule has 118 valence electrons. The van der Waals surface area contributed by atoms with Gasteiger partial charge in [-0.2, -0.15) is 0 Å². The van der Waals surface area contributed by atoms with E-state index in [0.717, 1.165) is 0 Å². The number of pyridine rings is 1. The number of sulfonamides is 1. The van der Waals surface area contributed by atoms with Crippen LogP contribution in [-0.4, -0.2) is 38.2 Å². The Morgan fingerprint density at radius 2 is 2.24 bits per heavy atom. The molecule has 1 saturated heterocycles. The minimum atomic E-state index is -3.59. The molecule has 0 aromatic carbocycles. The first kappa shape index (κ1) is 16.2. The predicted molar refractivity (Wildman–Crippen MR) is 81.8 cm³/mol. The Morgan fingerprint density at radius 3 is 2.90 bits per heavy atom. The maximum absolute atomic E-state index is 12.6. The fourth-order valence-electron chi connectivity index (χ4n) is 2.52. The van der Waals surface area contributed by atoms with E-state index in [1.165, 1.54) is 0 Å². The zero-order chi connectivity index (χ0) is 15.5. The van der Waals surface area contributed by atoms with Gasteiger partial charge in [0, 0.05) is 25.4 Å². The van der Waals surface area contributed by atoms with Crippen molar-refractivity contribution in [2.75, 3.05) is 18.5 Å². The van der Waals surface area contributed by atoms with Gasteiger partial charge in [-0.25, -0.2) is 18.1 Å². The van der Waals surface area contributed by atoms with E-state index in [0.29, 0.717) is 31.8 Å². The van der Waals surface area contributed by atoms with Crippen molar-refractivity contribution in [2.45, 2.75) is 50.2 Å². The number of aromatic nitrogens is 1. The first-order valence-corrected chi connectivity index (χ1v) is 8.67. The highest BCUT2D eigenvalue weighted by Gasteiger charge is 2.32. The van der Waals surface area contributed by atoms with Gasteiger partial charge in [0.25, 0.3) is 0 Å². The van der Waals surface area contributed by atoms with Gasteiger partial charge in [0.2, 0.25) is 10.0 Å². The number of hydrogen-bond acceptors (Lipinski definition) is 5. The quantitative estimate of drug-likeness (QED) is 0.865. The smallest absolute Gasteiger partial charge is 0.244 e. The normalized spacial score (nSPS) is 22.0. The van der Waals surface area contributed by atoms with Crippen LogP contribution in [0.4, 0.5) is 5.82 Å². The van der Waals surface area contributed by atoms with E-state index in [-0.39, 0.29) is 16.5 Å². The van der Waals surface area contributed by atoms with E-state index in [9.17, 15) is 8.42 Å². The van der Waals surface area contributed by atoms with Crippen LogP contribution in [0.5, 0.6) is 0 Å². The summed E-state index contributed by atoms with van der Waals surface area (Å²) in [7, 11) is -3.59. The fourth-order valence-corrected chi connectivity index (χ4v) is 3.93. The second-order valence-electron chi connectivity index (χ2n) is 5.80. The van der Waals surface area contributed by atoms with Crippen LogP contribution in [0.1, 0.15) is 33.6 Å². The van der Waals surface area contributed by atoms with E-state index in [2.05, 4.69) is 15.0 Å². The Bertz CT molecular complexity index is 587. The summed E-state index contributed by atoms with van der Waals surface area (Å²) in [5.74, 6) is 0.388. The van der Waals surface area contributed by atoms with Gasteiger partial charge < -0.3 is 10.1 Å². The van der Waals surface area contributed by atoms with Gasteiger partial charge in [-0.3, -0.25) is 0 Å². The summed E-state index contributed by atoms with van der Waals surface area (Å²) in [5.41, 5.74) is -0.301. The Hall–Kier alpha value is -1.18. The molecule has 21 heavy (non-hydrogen) atoms. The standard InChI is InChI=1S/C14H23N3O3S/c1-4-15-13-12(6-5-8-16-13)21(18,19)17-11-7-9-20-14(2,3)10-11/h5-6,8,11,17H,4,7,9-10H2,1-3H3,(H,15,16). The molecule has 0 radical (unpaired) electrons. The molecule has 7 heteroatoms. The largest absolute Gasteiger partial charge is 0.375 e. The van der Waals surface area contributed by atoms with Gasteiger partial charge in [0.15, 0.2) is 0 Å². The molecule has 1 aromatic rings. The van der Waals surface area contributed by atoms with Crippen LogP contribution in [0, 0.1) is 0 Å². The molecule has 0 saturated carbocycles. The van der Waals surface area contributed by atoms with Crippen molar-refractivity contribution in [3.05, 3.63) is 18.3 Å². The second kappa shape index (κ2) is 6.29. The van der Waals surface area contributed by atoms with Gasteiger partial charge in [-0.05, 0) is 45.7 Å². The summed E-state index contributed by atoms with van der Waals surface area (Å²) in [6.07, 6.45) is 2.91. The van der Waals surface area contributed by atoms with Crippen molar-refractivity contribution >= 4 is 15.8 Å². The fraction of sp³-hybridized carbons (Fsp3) is 0.643. The van der Waals surface area contributed by atoms with Crippen molar-refractivity contribution in [3.8, 4) is 0 Å². The third kappa shape index (κ3) is 4.15. The lowest BCUT2D eigenvalue weighted by atomic mass is 9.95. The summed E-state index contributed by atoms with van der Waals surface area (Å²) in [5, 5.41) is 2.98. The molecule has 1 aliphatic rings. The lowest BCUT2D eigenvalue weighted by Crippen LogP contribution is -2.45. The minimum Gasteiger partial charge on any atom is -0.375 e. The average molecular weight is 313 g/mol. The van der Waals surface area contributed by atoms with Crippen molar-refractivity contribution in [1.29, 1.82) is 0 Å². The van der Waals surface area contributed by atoms with Gasteiger partial charge in [-0.1, -0.05) is 0 Å². The average Bonchev–Trinajstić information content (AvgIpc) is 2.38. The molecule has 1 aromatic heterocycles. The molecule has 1 atom stereocenters. The lowest BCUT2D eigenvalue weighted by molar-refractivity contribution is -0.0599. The molecule has 0 spiro atoms. The molecule has 2 rings (SSSR count). The van der Waals surface area contributed by atoms with E-state index >= 15 is 0 Å². The molecule has 1 unspecified atom stereocenters. The Kier molecular flexibility index (Phi) is 4.85. The zero-order valence-electron chi connectivity index (χ0n) is 12.7. The summed E-state index contributed by atoms with van der Waals surface area (Å²) in [4.78, 5) is 4.29. The van der Waals surface area contributed by atoms with Gasteiger partial charge in [0.05, 0.1) is 5.60 Å². The summed E-state index contributed by atoms with van der Waals surface area (Å²) in [6.45, 7) is 7.03. The van der Waals surface area contributed by atoms with Crippen LogP contribution in [-0.2, 0) is 14.8 Å². The minimum absolute atomic E-state index is 0.117. The third-order valence-electron chi connectivity index (χ3n) is 3.42. The molecule has 1 fully saturated rings. The predicted octanol–water partition coefficient (Wildman–Crippen LogP) is 1.75. The van der Waals surface area contributed by atoms with Crippen molar-refractivity contribution in [1.82, 2.24) is 9.71 Å². The number of hydrogen-bond donors (Lipinski definition) is 2. The number of ether oxygens (including phenoxy) is 1. The summed E-state index contributed by atoms with van der Waals surface area (Å²) in [6, 6.07) is 3.08. The maximum atomic E-state index is 12.6. The summed E-state index contributed by atoms with van der Waals surface area (Å²) >= 11 is 0. The van der Waals surface area contributed by atoms with Crippen LogP contribution < -0.4 is 10.0 Å². The number of rotatable bonds is 5. The van der Waals surface area contributed by atoms with Crippen LogP contribution in [0.2, 0.25) is 0 Å². The van der Waals surface area contributed by atoms with Gasteiger partial charge >= 0.3 is 0 Å². The van der Waals surface area contributed by atoms with Crippen LogP contribution in [0.25, 0.3) is 0 Å². The van der Waals surface area contributed by atoms with Crippen LogP contribution in [0.15, 0.2) is 23.2 Å². The van der Waals surface area contributed by atoms with Crippen LogP contribution in [0.3, 0.4) is 0 Å². The second-order valence-corrected chi connectivity index (χ2v) is 7.48.